The van der Waals surface area contributed by atoms with Crippen LogP contribution >= 0.6 is 11.8 Å². The Morgan fingerprint density at radius 2 is 1.81 bits per heavy atom. The summed E-state index contributed by atoms with van der Waals surface area (Å²) in [4.78, 5) is 30.4. The van der Waals surface area contributed by atoms with Crippen molar-refractivity contribution in [3.63, 3.8) is 0 Å². The number of esters is 1. The minimum atomic E-state index is -0.379. The lowest BCUT2D eigenvalue weighted by Gasteiger charge is -2.17. The van der Waals surface area contributed by atoms with Gasteiger partial charge in [0, 0.05) is 0 Å². The summed E-state index contributed by atoms with van der Waals surface area (Å²) in [5, 5.41) is 0.441. The van der Waals surface area contributed by atoms with Gasteiger partial charge in [-0.25, -0.2) is 4.99 Å². The highest BCUT2D eigenvalue weighted by molar-refractivity contribution is 8.14. The fourth-order valence-corrected chi connectivity index (χ4v) is 3.28. The molecule has 0 bridgehead atoms. The number of para-hydroxylation sites is 1. The Morgan fingerprint density at radius 1 is 1.11 bits per heavy atom. The number of carbonyl (C=O) groups is 2. The summed E-state index contributed by atoms with van der Waals surface area (Å²) in [6.45, 7) is 0. The number of hydrogen-bond acceptors (Lipinski definition) is 6. The van der Waals surface area contributed by atoms with E-state index in [2.05, 4.69) is 9.73 Å². The van der Waals surface area contributed by atoms with Gasteiger partial charge in [-0.2, -0.15) is 0 Å². The number of thioether (sulfide) groups is 1. The van der Waals surface area contributed by atoms with E-state index in [4.69, 9.17) is 4.74 Å². The predicted octanol–water partition coefficient (Wildman–Crippen LogP) is 3.35. The molecular formula is C20H18N2O4S. The molecule has 0 unspecified atom stereocenters. The molecule has 0 radical (unpaired) electrons. The Balaban J connectivity index is 1.92. The van der Waals surface area contributed by atoms with Crippen molar-refractivity contribution in [3.05, 3.63) is 65.9 Å². The van der Waals surface area contributed by atoms with E-state index >= 15 is 0 Å². The number of rotatable bonds is 5. The highest BCUT2D eigenvalue weighted by Crippen LogP contribution is 2.29. The highest BCUT2D eigenvalue weighted by Gasteiger charge is 2.32. The number of anilines is 1. The van der Waals surface area contributed by atoms with E-state index in [0.29, 0.717) is 16.6 Å². The zero-order valence-corrected chi connectivity index (χ0v) is 15.7. The normalized spacial score (nSPS) is 15.0. The van der Waals surface area contributed by atoms with E-state index < -0.39 is 0 Å². The summed E-state index contributed by atoms with van der Waals surface area (Å²) in [7, 11) is 2.93. The quantitative estimate of drug-likeness (QED) is 0.586. The van der Waals surface area contributed by atoms with Crippen molar-refractivity contribution in [2.75, 3.05) is 24.9 Å². The molecule has 27 heavy (non-hydrogen) atoms. The molecular weight excluding hydrogens is 364 g/mol. The van der Waals surface area contributed by atoms with Crippen LogP contribution in [0, 0.1) is 0 Å². The van der Waals surface area contributed by atoms with Crippen LogP contribution in [0.3, 0.4) is 0 Å². The molecule has 0 atom stereocenters. The summed E-state index contributed by atoms with van der Waals surface area (Å²) < 4.78 is 9.82. The summed E-state index contributed by atoms with van der Waals surface area (Å²) >= 11 is 1.16. The number of hydrogen-bond donors (Lipinski definition) is 0. The summed E-state index contributed by atoms with van der Waals surface area (Å²) in [6, 6.07) is 16.5. The van der Waals surface area contributed by atoms with Gasteiger partial charge in [-0.1, -0.05) is 42.1 Å². The molecule has 1 aliphatic rings. The minimum absolute atomic E-state index is 0.0712. The predicted molar refractivity (Wildman–Crippen MR) is 107 cm³/mol. The molecule has 7 heteroatoms. The van der Waals surface area contributed by atoms with Gasteiger partial charge in [-0.3, -0.25) is 14.5 Å². The highest BCUT2D eigenvalue weighted by atomic mass is 32.2. The number of nitrogens with zero attached hydrogens (tertiary/aromatic N) is 2. The molecule has 0 saturated carbocycles. The number of ether oxygens (including phenoxy) is 2. The summed E-state index contributed by atoms with van der Waals surface area (Å²) in [5.74, 6) is 0.181. The smallest absolute Gasteiger partial charge is 0.316 e. The Morgan fingerprint density at radius 3 is 2.44 bits per heavy atom. The zero-order valence-electron chi connectivity index (χ0n) is 14.9. The minimum Gasteiger partial charge on any atom is -0.497 e. The molecule has 0 spiro atoms. The lowest BCUT2D eigenvalue weighted by molar-refractivity contribution is -0.137. The molecule has 0 aliphatic carbocycles. The fourth-order valence-electron chi connectivity index (χ4n) is 2.44. The lowest BCUT2D eigenvalue weighted by atomic mass is 10.2. The van der Waals surface area contributed by atoms with Crippen molar-refractivity contribution in [2.45, 2.75) is 0 Å². The number of amidine groups is 1. The first-order valence-electron chi connectivity index (χ1n) is 8.16. The van der Waals surface area contributed by atoms with E-state index in [1.54, 1.807) is 13.2 Å². The number of aliphatic imine (C=N–C) groups is 1. The average Bonchev–Trinajstić information content (AvgIpc) is 3.02. The number of amides is 1. The van der Waals surface area contributed by atoms with Gasteiger partial charge in [0.2, 0.25) is 0 Å². The van der Waals surface area contributed by atoms with Gasteiger partial charge in [-0.05, 0) is 35.9 Å². The molecule has 1 heterocycles. The fraction of sp³-hybridized carbons (Fsp3) is 0.150. The van der Waals surface area contributed by atoms with Crippen LogP contribution in [0.4, 0.5) is 5.69 Å². The van der Waals surface area contributed by atoms with Crippen LogP contribution in [0.1, 0.15) is 5.56 Å². The molecule has 0 fully saturated rings. The Labute approximate surface area is 161 Å². The van der Waals surface area contributed by atoms with Crippen LogP contribution in [0.15, 0.2) is 65.3 Å². The summed E-state index contributed by atoms with van der Waals surface area (Å²) in [5.41, 5.74) is 1.82. The Kier molecular flexibility index (Phi) is 5.93. The topological polar surface area (TPSA) is 68.2 Å². The zero-order chi connectivity index (χ0) is 19.2. The van der Waals surface area contributed by atoms with Gasteiger partial charge in [0.05, 0.1) is 25.7 Å². The first kappa shape index (κ1) is 18.7. The molecule has 1 amide bonds. The molecule has 1 aliphatic heterocycles. The number of benzene rings is 2. The average molecular weight is 382 g/mol. The molecule has 6 nitrogen and oxygen atoms in total. The monoisotopic (exact) mass is 382 g/mol. The number of carbonyl (C=O) groups excluding carboxylic acids is 2. The van der Waals surface area contributed by atoms with Crippen LogP contribution in [-0.4, -0.2) is 37.0 Å². The molecule has 3 rings (SSSR count). The van der Waals surface area contributed by atoms with E-state index in [0.717, 1.165) is 23.1 Å². The van der Waals surface area contributed by atoms with Crippen molar-refractivity contribution in [2.24, 2.45) is 4.99 Å². The third-order valence-corrected chi connectivity index (χ3v) is 4.72. The molecule has 2 aromatic carbocycles. The molecule has 2 aromatic rings. The molecule has 0 aromatic heterocycles. The molecule has 138 valence electrons. The lowest BCUT2D eigenvalue weighted by Crippen LogP contribution is -2.30. The van der Waals surface area contributed by atoms with Crippen molar-refractivity contribution in [1.29, 1.82) is 0 Å². The van der Waals surface area contributed by atoms with Gasteiger partial charge in [0.1, 0.15) is 11.4 Å². The van der Waals surface area contributed by atoms with Crippen molar-refractivity contribution < 1.29 is 19.1 Å². The largest absolute Gasteiger partial charge is 0.497 e. The third-order valence-electron chi connectivity index (χ3n) is 3.81. The van der Waals surface area contributed by atoms with Crippen molar-refractivity contribution in [3.8, 4) is 5.75 Å². The second-order valence-corrected chi connectivity index (χ2v) is 6.48. The third kappa shape index (κ3) is 4.38. The summed E-state index contributed by atoms with van der Waals surface area (Å²) in [6.07, 6.45) is 1.71. The molecule has 0 saturated heterocycles. The Bertz CT molecular complexity index is 892. The van der Waals surface area contributed by atoms with Gasteiger partial charge >= 0.3 is 5.97 Å². The van der Waals surface area contributed by atoms with Gasteiger partial charge < -0.3 is 9.47 Å². The van der Waals surface area contributed by atoms with E-state index in [1.165, 1.54) is 12.0 Å². The van der Waals surface area contributed by atoms with Crippen LogP contribution < -0.4 is 9.64 Å². The van der Waals surface area contributed by atoms with E-state index in [-0.39, 0.29) is 17.6 Å². The van der Waals surface area contributed by atoms with E-state index in [1.807, 2.05) is 54.6 Å². The van der Waals surface area contributed by atoms with Gasteiger partial charge in [0.15, 0.2) is 5.17 Å². The second kappa shape index (κ2) is 8.55. The van der Waals surface area contributed by atoms with Crippen LogP contribution in [-0.2, 0) is 14.3 Å². The van der Waals surface area contributed by atoms with E-state index in [9.17, 15) is 9.59 Å². The first-order valence-corrected chi connectivity index (χ1v) is 9.14. The van der Waals surface area contributed by atoms with Crippen molar-refractivity contribution >= 4 is 40.6 Å². The van der Waals surface area contributed by atoms with Crippen molar-refractivity contribution in [1.82, 2.24) is 0 Å². The van der Waals surface area contributed by atoms with Crippen LogP contribution in [0.2, 0.25) is 0 Å². The number of methoxy groups -OCH3 is 2. The standard InChI is InChI=1S/C20H18N2O4S/c1-25-16-10-8-14(9-11-16)12-17-19(24)22(15-6-4-3-5-7-15)20(21-17)27-13-18(23)26-2/h3-12H,13H2,1-2H3/b17-12-. The Hall–Kier alpha value is -3.06. The maximum atomic E-state index is 12.9. The van der Waals surface area contributed by atoms with Crippen LogP contribution in [0.25, 0.3) is 6.08 Å². The maximum Gasteiger partial charge on any atom is 0.316 e. The second-order valence-electron chi connectivity index (χ2n) is 5.54. The first-order chi connectivity index (χ1) is 13.1. The SMILES string of the molecule is COC(=O)CSC1=N/C(=C\c2ccc(OC)cc2)C(=O)N1c1ccccc1. The van der Waals surface area contributed by atoms with Gasteiger partial charge in [-0.15, -0.1) is 0 Å². The van der Waals surface area contributed by atoms with Crippen LogP contribution in [0.5, 0.6) is 5.75 Å². The molecule has 0 N–H and O–H groups in total. The van der Waals surface area contributed by atoms with Gasteiger partial charge in [0.25, 0.3) is 5.91 Å². The maximum absolute atomic E-state index is 12.9.